The molecule has 0 bridgehead atoms. The maximum atomic E-state index is 12.5. The number of carbonyl (C=O) groups is 1. The summed E-state index contributed by atoms with van der Waals surface area (Å²) in [6, 6.07) is 26.9. The first kappa shape index (κ1) is 21.4. The van der Waals surface area contributed by atoms with E-state index in [0.29, 0.717) is 23.7 Å². The van der Waals surface area contributed by atoms with Crippen LogP contribution in [0.4, 0.5) is 0 Å². The fourth-order valence-corrected chi connectivity index (χ4v) is 3.26. The van der Waals surface area contributed by atoms with Crippen molar-refractivity contribution in [3.8, 4) is 17.0 Å². The van der Waals surface area contributed by atoms with Crippen LogP contribution in [0.3, 0.4) is 0 Å². The number of ether oxygens (including phenoxy) is 1. The minimum atomic E-state index is -0.349. The third-order valence-electron chi connectivity index (χ3n) is 4.72. The first-order valence-corrected chi connectivity index (χ1v) is 10.7. The summed E-state index contributed by atoms with van der Waals surface area (Å²) < 4.78 is 6.85. The highest BCUT2D eigenvalue weighted by Gasteiger charge is 2.12. The summed E-state index contributed by atoms with van der Waals surface area (Å²) in [6.45, 7) is 4.42. The molecule has 0 aliphatic rings. The van der Waals surface area contributed by atoms with Crippen molar-refractivity contribution in [3.05, 3.63) is 113 Å². The lowest BCUT2D eigenvalue weighted by atomic mass is 10.1. The van der Waals surface area contributed by atoms with Crippen LogP contribution in [0.5, 0.6) is 5.75 Å². The summed E-state index contributed by atoms with van der Waals surface area (Å²) in [5.74, 6) is 0.381. The van der Waals surface area contributed by atoms with Crippen LogP contribution in [-0.2, 0) is 6.61 Å². The zero-order valence-electron chi connectivity index (χ0n) is 17.1. The third kappa shape index (κ3) is 5.44. The number of rotatable bonds is 8. The quantitative estimate of drug-likeness (QED) is 0.293. The van der Waals surface area contributed by atoms with Crippen LogP contribution in [0.2, 0.25) is 0 Å². The smallest absolute Gasteiger partial charge is 0.287 e. The highest BCUT2D eigenvalue weighted by molar-refractivity contribution is 9.10. The molecule has 0 aliphatic carbocycles. The standard InChI is InChI=1S/C25H21BrN4O2/c1-17(19-10-12-21(26)13-11-19)27-30-25(31)24-15-23(28-29-24)20-8-5-9-22(14-20)32-16-18-6-3-2-4-7-18/h2-15,27H,1,16H2,(H,28,29)(H,30,31). The average molecular weight is 489 g/mol. The number of benzene rings is 3. The van der Waals surface area contributed by atoms with Gasteiger partial charge in [0.05, 0.1) is 11.4 Å². The Kier molecular flexibility index (Phi) is 6.67. The Bertz CT molecular complexity index is 1220. The van der Waals surface area contributed by atoms with Crippen molar-refractivity contribution in [1.29, 1.82) is 0 Å². The Labute approximate surface area is 194 Å². The maximum Gasteiger partial charge on any atom is 0.287 e. The molecular weight excluding hydrogens is 468 g/mol. The van der Waals surface area contributed by atoms with E-state index in [4.69, 9.17) is 4.74 Å². The molecule has 0 aliphatic heterocycles. The molecule has 7 heteroatoms. The van der Waals surface area contributed by atoms with Gasteiger partial charge in [-0.2, -0.15) is 5.10 Å². The van der Waals surface area contributed by atoms with Crippen LogP contribution in [-0.4, -0.2) is 16.1 Å². The lowest BCUT2D eigenvalue weighted by molar-refractivity contribution is 0.0937. The van der Waals surface area contributed by atoms with Crippen molar-refractivity contribution in [2.45, 2.75) is 6.61 Å². The number of carbonyl (C=O) groups excluding carboxylic acids is 1. The van der Waals surface area contributed by atoms with Crippen molar-refractivity contribution in [2.75, 3.05) is 0 Å². The Hall–Kier alpha value is -3.84. The number of hydrogen-bond acceptors (Lipinski definition) is 4. The monoisotopic (exact) mass is 488 g/mol. The SMILES string of the molecule is C=C(NNC(=O)c1cc(-c2cccc(OCc3ccccc3)c2)n[nH]1)c1ccc(Br)cc1. The number of amides is 1. The lowest BCUT2D eigenvalue weighted by Gasteiger charge is -2.10. The highest BCUT2D eigenvalue weighted by Crippen LogP contribution is 2.23. The predicted molar refractivity (Wildman–Crippen MR) is 129 cm³/mol. The van der Waals surface area contributed by atoms with Crippen LogP contribution in [0, 0.1) is 0 Å². The normalized spacial score (nSPS) is 10.4. The van der Waals surface area contributed by atoms with Gasteiger partial charge in [-0.25, -0.2) is 0 Å². The minimum Gasteiger partial charge on any atom is -0.489 e. The molecule has 4 rings (SSSR count). The fraction of sp³-hybridized carbons (Fsp3) is 0.0400. The summed E-state index contributed by atoms with van der Waals surface area (Å²) in [4.78, 5) is 12.5. The Morgan fingerprint density at radius 1 is 0.969 bits per heavy atom. The van der Waals surface area contributed by atoms with Crippen molar-refractivity contribution >= 4 is 27.5 Å². The summed E-state index contributed by atoms with van der Waals surface area (Å²) >= 11 is 3.39. The van der Waals surface area contributed by atoms with Gasteiger partial charge in [-0.15, -0.1) is 0 Å². The molecule has 160 valence electrons. The second-order valence-electron chi connectivity index (χ2n) is 7.03. The summed E-state index contributed by atoms with van der Waals surface area (Å²) in [5, 5.41) is 7.04. The molecule has 0 radical (unpaired) electrons. The van der Waals surface area contributed by atoms with Gasteiger partial charge in [0, 0.05) is 10.0 Å². The van der Waals surface area contributed by atoms with Crippen molar-refractivity contribution < 1.29 is 9.53 Å². The minimum absolute atomic E-state index is 0.326. The van der Waals surface area contributed by atoms with Gasteiger partial charge >= 0.3 is 0 Å². The van der Waals surface area contributed by atoms with Gasteiger partial charge in [0.1, 0.15) is 18.1 Å². The number of hydrazine groups is 1. The number of aromatic nitrogens is 2. The van der Waals surface area contributed by atoms with E-state index in [1.807, 2.05) is 78.9 Å². The second-order valence-corrected chi connectivity index (χ2v) is 7.95. The molecule has 0 atom stereocenters. The van der Waals surface area contributed by atoms with Crippen LogP contribution >= 0.6 is 15.9 Å². The van der Waals surface area contributed by atoms with Gasteiger partial charge in [0.25, 0.3) is 5.91 Å². The molecule has 6 nitrogen and oxygen atoms in total. The lowest BCUT2D eigenvalue weighted by Crippen LogP contribution is -2.36. The highest BCUT2D eigenvalue weighted by atomic mass is 79.9. The molecule has 0 spiro atoms. The molecule has 32 heavy (non-hydrogen) atoms. The number of H-pyrrole nitrogens is 1. The zero-order valence-corrected chi connectivity index (χ0v) is 18.7. The summed E-state index contributed by atoms with van der Waals surface area (Å²) in [5.41, 5.74) is 9.81. The molecule has 1 aromatic heterocycles. The van der Waals surface area contributed by atoms with Crippen LogP contribution in [0.25, 0.3) is 17.0 Å². The van der Waals surface area contributed by atoms with Gasteiger partial charge in [-0.05, 0) is 41.5 Å². The molecule has 3 aromatic carbocycles. The van der Waals surface area contributed by atoms with E-state index in [-0.39, 0.29) is 5.91 Å². The zero-order chi connectivity index (χ0) is 22.3. The number of nitrogens with zero attached hydrogens (tertiary/aromatic N) is 1. The molecule has 1 amide bonds. The Balaban J connectivity index is 1.37. The molecule has 0 saturated heterocycles. The number of aromatic amines is 1. The summed E-state index contributed by atoms with van der Waals surface area (Å²) in [6.07, 6.45) is 0. The summed E-state index contributed by atoms with van der Waals surface area (Å²) in [7, 11) is 0. The average Bonchev–Trinajstić information content (AvgIpc) is 3.33. The van der Waals surface area contributed by atoms with Gasteiger partial charge in [0.15, 0.2) is 0 Å². The molecule has 0 saturated carbocycles. The molecule has 0 fully saturated rings. The van der Waals surface area contributed by atoms with E-state index >= 15 is 0 Å². The van der Waals surface area contributed by atoms with Crippen LogP contribution in [0.15, 0.2) is 96.0 Å². The van der Waals surface area contributed by atoms with E-state index in [1.165, 1.54) is 0 Å². The Morgan fingerprint density at radius 3 is 2.53 bits per heavy atom. The van der Waals surface area contributed by atoms with Gasteiger partial charge in [-0.1, -0.05) is 77.1 Å². The topological polar surface area (TPSA) is 79.0 Å². The molecule has 1 heterocycles. The van der Waals surface area contributed by atoms with E-state index in [2.05, 4.69) is 43.6 Å². The number of hydrogen-bond donors (Lipinski definition) is 3. The molecule has 0 unspecified atom stereocenters. The van der Waals surface area contributed by atoms with Crippen molar-refractivity contribution in [2.24, 2.45) is 0 Å². The molecule has 4 aromatic rings. The molecular formula is C25H21BrN4O2. The molecule has 3 N–H and O–H groups in total. The van der Waals surface area contributed by atoms with E-state index in [9.17, 15) is 4.79 Å². The first-order valence-electron chi connectivity index (χ1n) is 9.92. The fourth-order valence-electron chi connectivity index (χ4n) is 2.99. The van der Waals surface area contributed by atoms with E-state index in [0.717, 1.165) is 26.9 Å². The number of nitrogens with one attached hydrogen (secondary N) is 3. The van der Waals surface area contributed by atoms with Gasteiger partial charge < -0.3 is 4.74 Å². The van der Waals surface area contributed by atoms with Gasteiger partial charge in [-0.3, -0.25) is 20.7 Å². The number of halogens is 1. The third-order valence-corrected chi connectivity index (χ3v) is 5.25. The van der Waals surface area contributed by atoms with Crippen molar-refractivity contribution in [1.82, 2.24) is 21.0 Å². The maximum absolute atomic E-state index is 12.5. The van der Waals surface area contributed by atoms with E-state index < -0.39 is 0 Å². The predicted octanol–water partition coefficient (Wildman–Crippen LogP) is 5.32. The Morgan fingerprint density at radius 2 is 1.75 bits per heavy atom. The van der Waals surface area contributed by atoms with Crippen LogP contribution < -0.4 is 15.6 Å². The largest absolute Gasteiger partial charge is 0.489 e. The van der Waals surface area contributed by atoms with Gasteiger partial charge in [0.2, 0.25) is 0 Å². The van der Waals surface area contributed by atoms with E-state index in [1.54, 1.807) is 6.07 Å². The van der Waals surface area contributed by atoms with Crippen LogP contribution in [0.1, 0.15) is 21.6 Å². The van der Waals surface area contributed by atoms with Crippen molar-refractivity contribution in [3.63, 3.8) is 0 Å². The first-order chi connectivity index (χ1) is 15.6. The second kappa shape index (κ2) is 9.98.